The molecule has 0 atom stereocenters. The average molecular weight is 634 g/mol. The predicted octanol–water partition coefficient (Wildman–Crippen LogP) is 11.1. The second-order valence-corrected chi connectivity index (χ2v) is 18.5. The second kappa shape index (κ2) is 12.1. The number of hydrogen-bond acceptors (Lipinski definition) is 3. The van der Waals surface area contributed by atoms with Crippen LogP contribution < -0.4 is 5.19 Å². The zero-order chi connectivity index (χ0) is 32.7. The summed E-state index contributed by atoms with van der Waals surface area (Å²) in [5, 5.41) is 6.25. The number of rotatable bonds is 6. The molecule has 8 aromatic rings. The number of hydrogen-bond donors (Lipinski definition) is 0. The Morgan fingerprint density at radius 3 is 1.56 bits per heavy atom. The summed E-state index contributed by atoms with van der Waals surface area (Å²) in [6, 6.07) is 56.0. The summed E-state index contributed by atoms with van der Waals surface area (Å²) in [4.78, 5) is 15.2. The van der Waals surface area contributed by atoms with Crippen molar-refractivity contribution in [2.24, 2.45) is 0 Å². The summed E-state index contributed by atoms with van der Waals surface area (Å²) in [5.41, 5.74) is 7.59. The van der Waals surface area contributed by atoms with Gasteiger partial charge in [-0.1, -0.05) is 164 Å². The molecule has 0 bridgehead atoms. The third-order valence-corrected chi connectivity index (χ3v) is 11.1. The molecule has 0 unspecified atom stereocenters. The number of benzene rings is 7. The van der Waals surface area contributed by atoms with Crippen molar-refractivity contribution in [2.75, 3.05) is 0 Å². The maximum absolute atomic E-state index is 5.08. The van der Waals surface area contributed by atoms with Crippen LogP contribution in [0.2, 0.25) is 19.6 Å². The van der Waals surface area contributed by atoms with Crippen LogP contribution in [-0.4, -0.2) is 23.0 Å². The first kappa shape index (κ1) is 29.7. The molecule has 8 rings (SSSR count). The second-order valence-electron chi connectivity index (χ2n) is 13.4. The van der Waals surface area contributed by atoms with E-state index in [4.69, 9.17) is 15.0 Å². The van der Waals surface area contributed by atoms with Gasteiger partial charge in [-0.25, -0.2) is 15.0 Å². The Labute approximate surface area is 282 Å². The van der Waals surface area contributed by atoms with Crippen LogP contribution >= 0.6 is 0 Å². The fraction of sp³-hybridized carbons (Fsp3) is 0.0682. The van der Waals surface area contributed by atoms with Crippen molar-refractivity contribution >= 4 is 34.8 Å². The minimum Gasteiger partial charge on any atom is -0.208 e. The molecule has 0 aliphatic carbocycles. The summed E-state index contributed by atoms with van der Waals surface area (Å²) < 4.78 is 0. The molecule has 0 aliphatic rings. The zero-order valence-corrected chi connectivity index (χ0v) is 28.4. The van der Waals surface area contributed by atoms with E-state index in [1.54, 1.807) is 0 Å². The van der Waals surface area contributed by atoms with Crippen LogP contribution in [0.4, 0.5) is 0 Å². The van der Waals surface area contributed by atoms with E-state index in [9.17, 15) is 0 Å². The molecule has 1 heterocycles. The van der Waals surface area contributed by atoms with Gasteiger partial charge in [-0.2, -0.15) is 0 Å². The quantitative estimate of drug-likeness (QED) is 0.171. The summed E-state index contributed by atoms with van der Waals surface area (Å²) in [7, 11) is -1.44. The zero-order valence-electron chi connectivity index (χ0n) is 27.4. The van der Waals surface area contributed by atoms with Crippen LogP contribution in [-0.2, 0) is 0 Å². The highest BCUT2D eigenvalue weighted by molar-refractivity contribution is 6.88. The van der Waals surface area contributed by atoms with Crippen molar-refractivity contribution in [3.05, 3.63) is 158 Å². The third kappa shape index (κ3) is 5.83. The summed E-state index contributed by atoms with van der Waals surface area (Å²) >= 11 is 0. The van der Waals surface area contributed by atoms with E-state index in [0.29, 0.717) is 17.5 Å². The molecule has 3 nitrogen and oxygen atoms in total. The molecule has 1 aromatic heterocycles. The van der Waals surface area contributed by atoms with Gasteiger partial charge in [0.25, 0.3) is 0 Å². The lowest BCUT2D eigenvalue weighted by atomic mass is 9.95. The minimum atomic E-state index is -1.44. The lowest BCUT2D eigenvalue weighted by Gasteiger charge is -2.16. The van der Waals surface area contributed by atoms with E-state index in [-0.39, 0.29) is 0 Å². The van der Waals surface area contributed by atoms with Crippen molar-refractivity contribution < 1.29 is 0 Å². The SMILES string of the molecule is C[Si](C)(C)c1ccc(-c2nc(-c3cccc(-c4cccc(-c5cccc6ccccc56)c4)c3)nc(-c3ccc4ccccc4c3)n2)cc1. The van der Waals surface area contributed by atoms with E-state index in [1.165, 1.54) is 32.5 Å². The van der Waals surface area contributed by atoms with Crippen molar-refractivity contribution in [2.45, 2.75) is 19.6 Å². The van der Waals surface area contributed by atoms with Crippen LogP contribution in [0, 0.1) is 0 Å². The minimum absolute atomic E-state index is 0.657. The predicted molar refractivity (Wildman–Crippen MR) is 205 cm³/mol. The molecule has 0 saturated carbocycles. The number of aromatic nitrogens is 3. The molecule has 0 saturated heterocycles. The van der Waals surface area contributed by atoms with Crippen molar-refractivity contribution in [1.29, 1.82) is 0 Å². The molecule has 7 aromatic carbocycles. The Balaban J connectivity index is 1.23. The van der Waals surface area contributed by atoms with E-state index in [1.807, 2.05) is 0 Å². The maximum Gasteiger partial charge on any atom is 0.164 e. The molecule has 0 N–H and O–H groups in total. The Bertz CT molecular complexity index is 2440. The molecular weight excluding hydrogens is 599 g/mol. The first-order chi connectivity index (χ1) is 23.4. The van der Waals surface area contributed by atoms with Gasteiger partial charge in [0.1, 0.15) is 0 Å². The van der Waals surface area contributed by atoms with Gasteiger partial charge in [0.15, 0.2) is 17.5 Å². The standard InChI is InChI=1S/C44H35N3Si/c1-48(2,3)39-25-23-32(24-26-39)42-45-43(47-44(46-42)38-22-21-30-11-4-5-13-33(30)28-38)37-18-9-16-35(29-37)34-15-8-17-36(27-34)41-20-10-14-31-12-6-7-19-40(31)41/h4-29H,1-3H3. The highest BCUT2D eigenvalue weighted by atomic mass is 28.3. The molecular formula is C44H35N3Si. The largest absolute Gasteiger partial charge is 0.208 e. The van der Waals surface area contributed by atoms with E-state index in [0.717, 1.165) is 33.2 Å². The molecule has 0 aliphatic heterocycles. The van der Waals surface area contributed by atoms with E-state index < -0.39 is 8.07 Å². The lowest BCUT2D eigenvalue weighted by molar-refractivity contribution is 1.07. The lowest BCUT2D eigenvalue weighted by Crippen LogP contribution is -2.37. The fourth-order valence-electron chi connectivity index (χ4n) is 6.39. The molecule has 4 heteroatoms. The average Bonchev–Trinajstić information content (AvgIpc) is 3.14. The summed E-state index contributed by atoms with van der Waals surface area (Å²) in [5.74, 6) is 2.00. The van der Waals surface area contributed by atoms with Gasteiger partial charge in [0.2, 0.25) is 0 Å². The summed E-state index contributed by atoms with van der Waals surface area (Å²) in [6.45, 7) is 7.10. The van der Waals surface area contributed by atoms with Gasteiger partial charge in [-0.3, -0.25) is 0 Å². The van der Waals surface area contributed by atoms with E-state index in [2.05, 4.69) is 177 Å². The first-order valence-electron chi connectivity index (χ1n) is 16.4. The molecule has 0 spiro atoms. The van der Waals surface area contributed by atoms with Crippen LogP contribution in [0.3, 0.4) is 0 Å². The maximum atomic E-state index is 5.08. The topological polar surface area (TPSA) is 38.7 Å². The highest BCUT2D eigenvalue weighted by Crippen LogP contribution is 2.33. The van der Waals surface area contributed by atoms with Gasteiger partial charge in [-0.15, -0.1) is 0 Å². The fourth-order valence-corrected chi connectivity index (χ4v) is 7.56. The molecule has 48 heavy (non-hydrogen) atoms. The Hall–Kier alpha value is -5.71. The van der Waals surface area contributed by atoms with Crippen molar-refractivity contribution in [1.82, 2.24) is 15.0 Å². The number of fused-ring (bicyclic) bond motifs is 2. The first-order valence-corrected chi connectivity index (χ1v) is 19.9. The smallest absolute Gasteiger partial charge is 0.164 e. The third-order valence-electron chi connectivity index (χ3n) is 9.07. The molecule has 0 fully saturated rings. The van der Waals surface area contributed by atoms with Gasteiger partial charge in [0.05, 0.1) is 8.07 Å². The normalized spacial score (nSPS) is 11.6. The van der Waals surface area contributed by atoms with Crippen LogP contribution in [0.1, 0.15) is 0 Å². The van der Waals surface area contributed by atoms with Gasteiger partial charge in [-0.05, 0) is 62.0 Å². The Morgan fingerprint density at radius 2 is 0.854 bits per heavy atom. The molecule has 0 amide bonds. The molecule has 0 radical (unpaired) electrons. The van der Waals surface area contributed by atoms with Crippen LogP contribution in [0.5, 0.6) is 0 Å². The van der Waals surface area contributed by atoms with Crippen molar-refractivity contribution in [3.8, 4) is 56.4 Å². The van der Waals surface area contributed by atoms with Crippen molar-refractivity contribution in [3.63, 3.8) is 0 Å². The Kier molecular flexibility index (Phi) is 7.51. The van der Waals surface area contributed by atoms with E-state index >= 15 is 0 Å². The monoisotopic (exact) mass is 633 g/mol. The molecule has 230 valence electrons. The van der Waals surface area contributed by atoms with Gasteiger partial charge < -0.3 is 0 Å². The number of nitrogens with zero attached hydrogens (tertiary/aromatic N) is 3. The van der Waals surface area contributed by atoms with Gasteiger partial charge in [0, 0.05) is 16.7 Å². The highest BCUT2D eigenvalue weighted by Gasteiger charge is 2.18. The Morgan fingerprint density at radius 1 is 0.354 bits per heavy atom. The van der Waals surface area contributed by atoms with Crippen LogP contribution in [0.15, 0.2) is 158 Å². The van der Waals surface area contributed by atoms with Crippen LogP contribution in [0.25, 0.3) is 78.0 Å². The van der Waals surface area contributed by atoms with Gasteiger partial charge >= 0.3 is 0 Å². The summed E-state index contributed by atoms with van der Waals surface area (Å²) in [6.07, 6.45) is 0.